The number of nitrogens with zero attached hydrogens (tertiary/aromatic N) is 3. The van der Waals surface area contributed by atoms with E-state index >= 15 is 0 Å². The van der Waals surface area contributed by atoms with Gasteiger partial charge in [0, 0.05) is 12.6 Å². The molecule has 0 saturated heterocycles. The number of aromatic nitrogens is 3. The highest BCUT2D eigenvalue weighted by Gasteiger charge is 2.30. The Balaban J connectivity index is 1.36. The van der Waals surface area contributed by atoms with Gasteiger partial charge in [0.05, 0.1) is 17.7 Å². The van der Waals surface area contributed by atoms with E-state index in [2.05, 4.69) is 26.1 Å². The molecule has 0 bridgehead atoms. The lowest BCUT2D eigenvalue weighted by molar-refractivity contribution is -0.118. The summed E-state index contributed by atoms with van der Waals surface area (Å²) in [7, 11) is 1.63. The summed E-state index contributed by atoms with van der Waals surface area (Å²) in [5.41, 5.74) is 1.01. The highest BCUT2D eigenvalue weighted by Crippen LogP contribution is 2.41. The van der Waals surface area contributed by atoms with Gasteiger partial charge in [-0.15, -0.1) is 21.5 Å². The molecular weight excluding hydrogens is 380 g/mol. The quantitative estimate of drug-likeness (QED) is 0.583. The van der Waals surface area contributed by atoms with Gasteiger partial charge in [0.2, 0.25) is 5.91 Å². The van der Waals surface area contributed by atoms with Gasteiger partial charge in [-0.25, -0.2) is 0 Å². The summed E-state index contributed by atoms with van der Waals surface area (Å²) in [5.74, 6) is 1.99. The van der Waals surface area contributed by atoms with Crippen LogP contribution in [-0.2, 0) is 11.3 Å². The average Bonchev–Trinajstić information content (AvgIpc) is 3.21. The molecule has 27 heavy (non-hydrogen) atoms. The van der Waals surface area contributed by atoms with Gasteiger partial charge in [-0.1, -0.05) is 30.0 Å². The molecule has 1 fully saturated rings. The summed E-state index contributed by atoms with van der Waals surface area (Å²) < 4.78 is 7.39. The zero-order valence-electron chi connectivity index (χ0n) is 14.9. The summed E-state index contributed by atoms with van der Waals surface area (Å²) in [6, 6.07) is 12.2. The first-order valence-corrected chi connectivity index (χ1v) is 10.6. The van der Waals surface area contributed by atoms with E-state index in [0.29, 0.717) is 18.3 Å². The number of hydrogen-bond acceptors (Lipinski definition) is 6. The molecule has 0 unspecified atom stereocenters. The number of nitrogens with one attached hydrogen (secondary N) is 1. The molecule has 1 N–H and O–H groups in total. The minimum Gasteiger partial charge on any atom is -0.497 e. The van der Waals surface area contributed by atoms with Gasteiger partial charge in [-0.05, 0) is 42.0 Å². The fourth-order valence-electron chi connectivity index (χ4n) is 2.78. The third kappa shape index (κ3) is 4.33. The predicted octanol–water partition coefficient (Wildman–Crippen LogP) is 3.76. The molecule has 4 rings (SSSR count). The lowest BCUT2D eigenvalue weighted by Gasteiger charge is -2.09. The first-order valence-electron chi connectivity index (χ1n) is 8.76. The number of thioether (sulfide) groups is 1. The van der Waals surface area contributed by atoms with Gasteiger partial charge < -0.3 is 10.1 Å². The molecule has 3 aromatic rings. The van der Waals surface area contributed by atoms with Crippen LogP contribution in [-0.4, -0.2) is 33.5 Å². The van der Waals surface area contributed by atoms with Crippen molar-refractivity contribution < 1.29 is 9.53 Å². The molecule has 8 heteroatoms. The number of thiophene rings is 1. The topological polar surface area (TPSA) is 69.0 Å². The molecule has 0 radical (unpaired) electrons. The lowest BCUT2D eigenvalue weighted by Crippen LogP contribution is -2.24. The monoisotopic (exact) mass is 400 g/mol. The third-order valence-electron chi connectivity index (χ3n) is 4.27. The maximum atomic E-state index is 12.3. The second-order valence-electron chi connectivity index (χ2n) is 6.30. The van der Waals surface area contributed by atoms with E-state index in [9.17, 15) is 4.79 Å². The minimum atomic E-state index is -0.0224. The SMILES string of the molecule is COc1cccc(CNC(=O)CSc2nnc(-c3cccs3)n2C2CC2)c1. The summed E-state index contributed by atoms with van der Waals surface area (Å²) >= 11 is 3.10. The van der Waals surface area contributed by atoms with Crippen LogP contribution in [0.5, 0.6) is 5.75 Å². The van der Waals surface area contributed by atoms with Crippen molar-refractivity contribution in [2.75, 3.05) is 12.9 Å². The van der Waals surface area contributed by atoms with Crippen molar-refractivity contribution in [3.8, 4) is 16.5 Å². The molecule has 1 aromatic carbocycles. The largest absolute Gasteiger partial charge is 0.497 e. The zero-order chi connectivity index (χ0) is 18.6. The van der Waals surface area contributed by atoms with E-state index in [1.165, 1.54) is 11.8 Å². The van der Waals surface area contributed by atoms with E-state index in [-0.39, 0.29) is 5.91 Å². The number of hydrogen-bond donors (Lipinski definition) is 1. The Hall–Kier alpha value is -2.32. The van der Waals surface area contributed by atoms with Crippen LogP contribution in [0.15, 0.2) is 46.9 Å². The predicted molar refractivity (Wildman–Crippen MR) is 107 cm³/mol. The second kappa shape index (κ2) is 8.14. The molecule has 0 atom stereocenters. The first-order chi connectivity index (χ1) is 13.2. The van der Waals surface area contributed by atoms with E-state index < -0.39 is 0 Å². The van der Waals surface area contributed by atoms with Crippen LogP contribution in [0, 0.1) is 0 Å². The summed E-state index contributed by atoms with van der Waals surface area (Å²) in [6.07, 6.45) is 2.29. The molecule has 1 saturated carbocycles. The first kappa shape index (κ1) is 18.1. The van der Waals surface area contributed by atoms with Gasteiger partial charge in [-0.2, -0.15) is 0 Å². The van der Waals surface area contributed by atoms with Gasteiger partial charge in [0.1, 0.15) is 5.75 Å². The Morgan fingerprint density at radius 3 is 2.96 bits per heavy atom. The Morgan fingerprint density at radius 2 is 2.22 bits per heavy atom. The lowest BCUT2D eigenvalue weighted by atomic mass is 10.2. The minimum absolute atomic E-state index is 0.0224. The number of amides is 1. The second-order valence-corrected chi connectivity index (χ2v) is 8.19. The maximum Gasteiger partial charge on any atom is 0.230 e. The Morgan fingerprint density at radius 1 is 1.33 bits per heavy atom. The van der Waals surface area contributed by atoms with Crippen molar-refractivity contribution in [2.45, 2.75) is 30.6 Å². The molecule has 2 heterocycles. The number of carbonyl (C=O) groups excluding carboxylic acids is 1. The Labute approximate surface area is 166 Å². The fraction of sp³-hybridized carbons (Fsp3) is 0.316. The van der Waals surface area contributed by atoms with Gasteiger partial charge in [-0.3, -0.25) is 9.36 Å². The van der Waals surface area contributed by atoms with Crippen molar-refractivity contribution in [3.63, 3.8) is 0 Å². The van der Waals surface area contributed by atoms with Crippen molar-refractivity contribution in [1.29, 1.82) is 0 Å². The van der Waals surface area contributed by atoms with E-state index in [0.717, 1.165) is 40.0 Å². The van der Waals surface area contributed by atoms with Crippen LogP contribution in [0.25, 0.3) is 10.7 Å². The van der Waals surface area contributed by atoms with Crippen LogP contribution in [0.1, 0.15) is 24.4 Å². The van der Waals surface area contributed by atoms with Crippen LogP contribution >= 0.6 is 23.1 Å². The van der Waals surface area contributed by atoms with Crippen molar-refractivity contribution >= 4 is 29.0 Å². The standard InChI is InChI=1S/C19H20N4O2S2/c1-25-15-5-2-4-13(10-15)11-20-17(24)12-27-19-22-21-18(16-6-3-9-26-16)23(19)14-7-8-14/h2-6,9-10,14H,7-8,11-12H2,1H3,(H,20,24). The highest BCUT2D eigenvalue weighted by molar-refractivity contribution is 7.99. The molecule has 1 amide bonds. The summed E-state index contributed by atoms with van der Waals surface area (Å²) in [6.45, 7) is 0.479. The molecule has 0 spiro atoms. The molecule has 0 aliphatic heterocycles. The van der Waals surface area contributed by atoms with Crippen LogP contribution in [0.4, 0.5) is 0 Å². The Bertz CT molecular complexity index is 920. The number of ether oxygens (including phenoxy) is 1. The van der Waals surface area contributed by atoms with Crippen molar-refractivity contribution in [3.05, 3.63) is 47.3 Å². The van der Waals surface area contributed by atoms with Crippen molar-refractivity contribution in [2.24, 2.45) is 0 Å². The molecule has 2 aromatic heterocycles. The number of rotatable bonds is 8. The van der Waals surface area contributed by atoms with E-state index in [1.807, 2.05) is 35.7 Å². The molecule has 6 nitrogen and oxygen atoms in total. The van der Waals surface area contributed by atoms with Crippen LogP contribution in [0.3, 0.4) is 0 Å². The number of methoxy groups -OCH3 is 1. The molecular formula is C19H20N4O2S2. The van der Waals surface area contributed by atoms with Crippen LogP contribution in [0.2, 0.25) is 0 Å². The normalized spacial score (nSPS) is 13.5. The van der Waals surface area contributed by atoms with Gasteiger partial charge in [0.25, 0.3) is 0 Å². The number of benzene rings is 1. The Kier molecular flexibility index (Phi) is 5.45. The average molecular weight is 401 g/mol. The third-order valence-corrected chi connectivity index (χ3v) is 6.08. The van der Waals surface area contributed by atoms with Gasteiger partial charge >= 0.3 is 0 Å². The smallest absolute Gasteiger partial charge is 0.230 e. The highest BCUT2D eigenvalue weighted by atomic mass is 32.2. The molecule has 1 aliphatic rings. The molecule has 1 aliphatic carbocycles. The number of carbonyl (C=O) groups is 1. The van der Waals surface area contributed by atoms with Crippen molar-refractivity contribution in [1.82, 2.24) is 20.1 Å². The fourth-order valence-corrected chi connectivity index (χ4v) is 4.32. The van der Waals surface area contributed by atoms with Gasteiger partial charge in [0.15, 0.2) is 11.0 Å². The van der Waals surface area contributed by atoms with Crippen LogP contribution < -0.4 is 10.1 Å². The van der Waals surface area contributed by atoms with E-state index in [1.54, 1.807) is 18.4 Å². The maximum absolute atomic E-state index is 12.3. The van der Waals surface area contributed by atoms with E-state index in [4.69, 9.17) is 4.74 Å². The zero-order valence-corrected chi connectivity index (χ0v) is 16.6. The summed E-state index contributed by atoms with van der Waals surface area (Å²) in [4.78, 5) is 13.4. The summed E-state index contributed by atoms with van der Waals surface area (Å²) in [5, 5.41) is 14.5. The molecule has 140 valence electrons.